The van der Waals surface area contributed by atoms with Crippen molar-refractivity contribution in [2.45, 2.75) is 63.5 Å². The van der Waals surface area contributed by atoms with Crippen LogP contribution < -0.4 is 10.1 Å². The molecule has 1 saturated heterocycles. The Kier molecular flexibility index (Phi) is 6.77. The number of carbonyl (C=O) groups is 1. The van der Waals surface area contributed by atoms with Crippen LogP contribution in [0.2, 0.25) is 0 Å². The smallest absolute Gasteiger partial charge is 0.234 e. The Hall–Kier alpha value is -1.59. The van der Waals surface area contributed by atoms with Crippen molar-refractivity contribution in [1.82, 2.24) is 10.2 Å². The Morgan fingerprint density at radius 2 is 2.07 bits per heavy atom. The second kappa shape index (κ2) is 9.07. The number of amides is 1. The molecule has 0 spiro atoms. The van der Waals surface area contributed by atoms with Crippen molar-refractivity contribution in [2.75, 3.05) is 26.7 Å². The highest BCUT2D eigenvalue weighted by molar-refractivity contribution is 5.78. The molecule has 1 amide bonds. The van der Waals surface area contributed by atoms with Crippen LogP contribution in [-0.4, -0.2) is 48.3 Å². The predicted octanol–water partition coefficient (Wildman–Crippen LogP) is 3.28. The number of nitrogens with one attached hydrogen (secondary N) is 1. The molecule has 1 aromatic carbocycles. The zero-order valence-electron chi connectivity index (χ0n) is 16.7. The Balaban J connectivity index is 1.81. The summed E-state index contributed by atoms with van der Waals surface area (Å²) in [6.45, 7) is 4.02. The number of aliphatic hydroxyl groups is 1. The molecule has 0 radical (unpaired) electrons. The highest BCUT2D eigenvalue weighted by Crippen LogP contribution is 2.49. The van der Waals surface area contributed by atoms with E-state index in [0.29, 0.717) is 6.54 Å². The number of hydrogen-bond donors (Lipinski definition) is 2. The highest BCUT2D eigenvalue weighted by Gasteiger charge is 2.49. The van der Waals surface area contributed by atoms with Gasteiger partial charge in [-0.05, 0) is 43.4 Å². The zero-order chi connectivity index (χ0) is 19.3. The molecule has 2 fully saturated rings. The van der Waals surface area contributed by atoms with Crippen molar-refractivity contribution >= 4 is 5.91 Å². The van der Waals surface area contributed by atoms with Crippen LogP contribution in [0.15, 0.2) is 24.3 Å². The monoisotopic (exact) mass is 374 g/mol. The fourth-order valence-corrected chi connectivity index (χ4v) is 4.81. The quantitative estimate of drug-likeness (QED) is 0.719. The van der Waals surface area contributed by atoms with Gasteiger partial charge in [-0.25, -0.2) is 0 Å². The molecular formula is C22H34N2O3. The summed E-state index contributed by atoms with van der Waals surface area (Å²) in [6, 6.07) is 8.21. The predicted molar refractivity (Wildman–Crippen MR) is 107 cm³/mol. The van der Waals surface area contributed by atoms with Crippen LogP contribution in [0.4, 0.5) is 0 Å². The normalized spacial score (nSPS) is 28.4. The Labute approximate surface area is 163 Å². The van der Waals surface area contributed by atoms with Gasteiger partial charge in [-0.3, -0.25) is 9.69 Å². The number of unbranched alkanes of at least 4 members (excludes halogenated alkanes) is 1. The van der Waals surface area contributed by atoms with E-state index < -0.39 is 5.60 Å². The summed E-state index contributed by atoms with van der Waals surface area (Å²) < 4.78 is 5.30. The van der Waals surface area contributed by atoms with Crippen molar-refractivity contribution in [2.24, 2.45) is 5.92 Å². The van der Waals surface area contributed by atoms with Crippen molar-refractivity contribution in [3.63, 3.8) is 0 Å². The van der Waals surface area contributed by atoms with E-state index in [4.69, 9.17) is 4.74 Å². The van der Waals surface area contributed by atoms with E-state index in [2.05, 4.69) is 29.3 Å². The standard InChI is InChI=1S/C22H34N2O3/c1-3-4-14-23-20(25)16-24-15-13-22(26)12-6-5-7-19(22)21(24)17-8-10-18(27-2)11-9-17/h8-11,19,21,26H,3-7,12-16H2,1-2H3,(H,23,25)/t19?,21-,22?/m0/s1. The molecule has 1 aliphatic heterocycles. The van der Waals surface area contributed by atoms with E-state index >= 15 is 0 Å². The number of benzene rings is 1. The third kappa shape index (κ3) is 4.64. The lowest BCUT2D eigenvalue weighted by Crippen LogP contribution is -2.56. The molecule has 5 nitrogen and oxygen atoms in total. The van der Waals surface area contributed by atoms with Gasteiger partial charge >= 0.3 is 0 Å². The second-order valence-electron chi connectivity index (χ2n) is 8.10. The third-order valence-electron chi connectivity index (χ3n) is 6.33. The molecule has 1 heterocycles. The molecule has 0 bridgehead atoms. The van der Waals surface area contributed by atoms with Gasteiger partial charge in [0.05, 0.1) is 19.3 Å². The number of ether oxygens (including phenoxy) is 1. The maximum atomic E-state index is 12.5. The second-order valence-corrected chi connectivity index (χ2v) is 8.10. The first-order valence-electron chi connectivity index (χ1n) is 10.4. The first-order valence-corrected chi connectivity index (χ1v) is 10.4. The van der Waals surface area contributed by atoms with Crippen LogP contribution >= 0.6 is 0 Å². The van der Waals surface area contributed by atoms with Crippen molar-refractivity contribution < 1.29 is 14.6 Å². The number of rotatable bonds is 7. The van der Waals surface area contributed by atoms with Gasteiger partial charge in [0.1, 0.15) is 5.75 Å². The first-order chi connectivity index (χ1) is 13.1. The zero-order valence-corrected chi connectivity index (χ0v) is 16.7. The van der Waals surface area contributed by atoms with Gasteiger partial charge in [-0.2, -0.15) is 0 Å². The van der Waals surface area contributed by atoms with Crippen LogP contribution in [0.3, 0.4) is 0 Å². The van der Waals surface area contributed by atoms with E-state index in [0.717, 1.165) is 63.8 Å². The number of fused-ring (bicyclic) bond motifs is 1. The SMILES string of the molecule is CCCCNC(=O)CN1CCC2(O)CCCCC2[C@@H]1c1ccc(OC)cc1. The number of hydrogen-bond acceptors (Lipinski definition) is 4. The lowest BCUT2D eigenvalue weighted by molar-refractivity contribution is -0.137. The maximum Gasteiger partial charge on any atom is 0.234 e. The van der Waals surface area contributed by atoms with Crippen LogP contribution in [0.25, 0.3) is 0 Å². The molecule has 3 atom stereocenters. The van der Waals surface area contributed by atoms with Gasteiger partial charge in [-0.1, -0.05) is 38.3 Å². The molecule has 2 N–H and O–H groups in total. The van der Waals surface area contributed by atoms with Crippen LogP contribution in [0, 0.1) is 5.92 Å². The highest BCUT2D eigenvalue weighted by atomic mass is 16.5. The molecule has 150 valence electrons. The van der Waals surface area contributed by atoms with Gasteiger partial charge in [0.15, 0.2) is 0 Å². The summed E-state index contributed by atoms with van der Waals surface area (Å²) >= 11 is 0. The van der Waals surface area contributed by atoms with E-state index in [-0.39, 0.29) is 17.9 Å². The van der Waals surface area contributed by atoms with E-state index in [1.165, 1.54) is 5.56 Å². The number of nitrogens with zero attached hydrogens (tertiary/aromatic N) is 1. The Bertz CT molecular complexity index is 618. The number of likely N-dealkylation sites (tertiary alicyclic amines) is 1. The van der Waals surface area contributed by atoms with E-state index in [9.17, 15) is 9.90 Å². The molecule has 2 aliphatic rings. The van der Waals surface area contributed by atoms with Gasteiger partial charge < -0.3 is 15.2 Å². The number of piperidine rings is 1. The average molecular weight is 375 g/mol. The largest absolute Gasteiger partial charge is 0.497 e. The maximum absolute atomic E-state index is 12.5. The lowest BCUT2D eigenvalue weighted by atomic mass is 9.66. The molecule has 2 unspecified atom stereocenters. The summed E-state index contributed by atoms with van der Waals surface area (Å²) in [6.07, 6.45) is 6.98. The summed E-state index contributed by atoms with van der Waals surface area (Å²) in [5.74, 6) is 1.09. The summed E-state index contributed by atoms with van der Waals surface area (Å²) in [4.78, 5) is 14.7. The minimum atomic E-state index is -0.599. The van der Waals surface area contributed by atoms with Crippen LogP contribution in [0.1, 0.15) is 63.5 Å². The van der Waals surface area contributed by atoms with E-state index in [1.807, 2.05) is 12.1 Å². The summed E-state index contributed by atoms with van der Waals surface area (Å²) in [5.41, 5.74) is 0.570. The molecule has 1 saturated carbocycles. The van der Waals surface area contributed by atoms with Gasteiger partial charge in [0, 0.05) is 25.0 Å². The van der Waals surface area contributed by atoms with Gasteiger partial charge in [-0.15, -0.1) is 0 Å². The fraction of sp³-hybridized carbons (Fsp3) is 0.682. The topological polar surface area (TPSA) is 61.8 Å². The third-order valence-corrected chi connectivity index (χ3v) is 6.33. The number of methoxy groups -OCH3 is 1. The number of carbonyl (C=O) groups excluding carboxylic acids is 1. The molecular weight excluding hydrogens is 340 g/mol. The van der Waals surface area contributed by atoms with E-state index in [1.54, 1.807) is 7.11 Å². The fourth-order valence-electron chi connectivity index (χ4n) is 4.81. The Morgan fingerprint density at radius 3 is 2.78 bits per heavy atom. The summed E-state index contributed by atoms with van der Waals surface area (Å²) in [7, 11) is 1.67. The first kappa shape index (κ1) is 20.2. The average Bonchev–Trinajstić information content (AvgIpc) is 2.68. The molecule has 27 heavy (non-hydrogen) atoms. The molecule has 0 aromatic heterocycles. The van der Waals surface area contributed by atoms with Crippen LogP contribution in [-0.2, 0) is 4.79 Å². The molecule has 1 aliphatic carbocycles. The van der Waals surface area contributed by atoms with Crippen molar-refractivity contribution in [3.05, 3.63) is 29.8 Å². The van der Waals surface area contributed by atoms with Gasteiger partial charge in [0.2, 0.25) is 5.91 Å². The Morgan fingerprint density at radius 1 is 1.30 bits per heavy atom. The van der Waals surface area contributed by atoms with Gasteiger partial charge in [0.25, 0.3) is 0 Å². The minimum Gasteiger partial charge on any atom is -0.497 e. The van der Waals surface area contributed by atoms with Crippen LogP contribution in [0.5, 0.6) is 5.75 Å². The molecule has 1 aromatic rings. The molecule has 3 rings (SSSR count). The minimum absolute atomic E-state index is 0.0758. The summed E-state index contributed by atoms with van der Waals surface area (Å²) in [5, 5.41) is 14.3. The molecule has 5 heteroatoms. The van der Waals surface area contributed by atoms with Crippen molar-refractivity contribution in [3.8, 4) is 5.75 Å². The lowest BCUT2D eigenvalue weighted by Gasteiger charge is -2.52. The van der Waals surface area contributed by atoms with Crippen molar-refractivity contribution in [1.29, 1.82) is 0 Å².